The Morgan fingerprint density at radius 3 is 2.46 bits per heavy atom. The SMILES string of the molecule is CC(C)Oc1ccc2c(C(=O)NC(C)c3ccccc3)cc(=O)oc2c1. The van der Waals surface area contributed by atoms with Crippen molar-refractivity contribution in [2.75, 3.05) is 0 Å². The maximum absolute atomic E-state index is 12.7. The van der Waals surface area contributed by atoms with Gasteiger partial charge in [-0.2, -0.15) is 0 Å². The molecule has 1 amide bonds. The maximum atomic E-state index is 12.7. The molecule has 1 unspecified atom stereocenters. The largest absolute Gasteiger partial charge is 0.491 e. The van der Waals surface area contributed by atoms with Crippen molar-refractivity contribution in [1.82, 2.24) is 5.32 Å². The first-order chi connectivity index (χ1) is 12.4. The zero-order valence-electron chi connectivity index (χ0n) is 15.0. The quantitative estimate of drug-likeness (QED) is 0.704. The first-order valence-electron chi connectivity index (χ1n) is 8.54. The molecule has 26 heavy (non-hydrogen) atoms. The number of amides is 1. The van der Waals surface area contributed by atoms with Crippen LogP contribution >= 0.6 is 0 Å². The second-order valence-electron chi connectivity index (χ2n) is 6.41. The number of ether oxygens (including phenoxy) is 1. The van der Waals surface area contributed by atoms with Crippen molar-refractivity contribution < 1.29 is 13.9 Å². The van der Waals surface area contributed by atoms with Crippen molar-refractivity contribution in [1.29, 1.82) is 0 Å². The Bertz CT molecular complexity index is 976. The van der Waals surface area contributed by atoms with Gasteiger partial charge in [-0.1, -0.05) is 30.3 Å². The van der Waals surface area contributed by atoms with Crippen LogP contribution in [0.4, 0.5) is 0 Å². The fourth-order valence-corrected chi connectivity index (χ4v) is 2.78. The van der Waals surface area contributed by atoms with E-state index in [-0.39, 0.29) is 23.6 Å². The minimum atomic E-state index is -0.572. The van der Waals surface area contributed by atoms with E-state index in [2.05, 4.69) is 5.32 Å². The average Bonchev–Trinajstić information content (AvgIpc) is 2.60. The van der Waals surface area contributed by atoms with E-state index in [1.54, 1.807) is 18.2 Å². The van der Waals surface area contributed by atoms with Crippen LogP contribution in [0.5, 0.6) is 5.75 Å². The number of fused-ring (bicyclic) bond motifs is 1. The number of nitrogens with one attached hydrogen (secondary N) is 1. The van der Waals surface area contributed by atoms with E-state index in [1.807, 2.05) is 51.1 Å². The summed E-state index contributed by atoms with van der Waals surface area (Å²) < 4.78 is 10.9. The third kappa shape index (κ3) is 3.94. The first-order valence-corrected chi connectivity index (χ1v) is 8.54. The smallest absolute Gasteiger partial charge is 0.337 e. The van der Waals surface area contributed by atoms with E-state index in [0.717, 1.165) is 5.56 Å². The zero-order chi connectivity index (χ0) is 18.7. The maximum Gasteiger partial charge on any atom is 0.337 e. The molecule has 0 radical (unpaired) electrons. The number of hydrogen-bond donors (Lipinski definition) is 1. The number of benzene rings is 2. The second-order valence-corrected chi connectivity index (χ2v) is 6.41. The highest BCUT2D eigenvalue weighted by Gasteiger charge is 2.16. The third-order valence-corrected chi connectivity index (χ3v) is 3.98. The van der Waals surface area contributed by atoms with Crippen LogP contribution in [0.25, 0.3) is 11.0 Å². The minimum Gasteiger partial charge on any atom is -0.491 e. The molecule has 134 valence electrons. The average molecular weight is 351 g/mol. The van der Waals surface area contributed by atoms with Gasteiger partial charge in [-0.25, -0.2) is 4.79 Å². The highest BCUT2D eigenvalue weighted by molar-refractivity contribution is 6.05. The molecule has 0 spiro atoms. The summed E-state index contributed by atoms with van der Waals surface area (Å²) >= 11 is 0. The molecule has 1 atom stereocenters. The molecule has 1 heterocycles. The van der Waals surface area contributed by atoms with Gasteiger partial charge in [0.15, 0.2) is 0 Å². The molecule has 2 aromatic carbocycles. The van der Waals surface area contributed by atoms with Crippen LogP contribution in [0.1, 0.15) is 42.7 Å². The number of hydrogen-bond acceptors (Lipinski definition) is 4. The Labute approximate surface area is 151 Å². The normalized spacial score (nSPS) is 12.2. The minimum absolute atomic E-state index is 0.00243. The van der Waals surface area contributed by atoms with Gasteiger partial charge in [-0.05, 0) is 38.5 Å². The first kappa shape index (κ1) is 17.7. The van der Waals surface area contributed by atoms with Crippen LogP contribution in [-0.2, 0) is 0 Å². The Kier molecular flexibility index (Phi) is 5.07. The monoisotopic (exact) mass is 351 g/mol. The van der Waals surface area contributed by atoms with Gasteiger partial charge in [-0.15, -0.1) is 0 Å². The molecular formula is C21H21NO4. The lowest BCUT2D eigenvalue weighted by atomic mass is 10.1. The van der Waals surface area contributed by atoms with E-state index in [9.17, 15) is 9.59 Å². The lowest BCUT2D eigenvalue weighted by molar-refractivity contribution is 0.0941. The summed E-state index contributed by atoms with van der Waals surface area (Å²) in [5.41, 5.74) is 1.03. The van der Waals surface area contributed by atoms with E-state index in [1.165, 1.54) is 6.07 Å². The van der Waals surface area contributed by atoms with E-state index < -0.39 is 5.63 Å². The second kappa shape index (κ2) is 7.44. The van der Waals surface area contributed by atoms with Gasteiger partial charge >= 0.3 is 5.63 Å². The van der Waals surface area contributed by atoms with E-state index >= 15 is 0 Å². The van der Waals surface area contributed by atoms with Crippen molar-refractivity contribution in [2.24, 2.45) is 0 Å². The standard InChI is InChI=1S/C21H21NO4/c1-13(2)25-16-9-10-17-18(12-20(23)26-19(17)11-16)21(24)22-14(3)15-7-5-4-6-8-15/h4-14H,1-3H3,(H,22,24). The number of carbonyl (C=O) groups is 1. The van der Waals surface area contributed by atoms with Crippen molar-refractivity contribution in [3.05, 3.63) is 76.1 Å². The molecule has 3 aromatic rings. The summed E-state index contributed by atoms with van der Waals surface area (Å²) in [5.74, 6) is 0.266. The van der Waals surface area contributed by atoms with Gasteiger partial charge in [0, 0.05) is 17.5 Å². The van der Waals surface area contributed by atoms with Gasteiger partial charge in [0.25, 0.3) is 5.91 Å². The van der Waals surface area contributed by atoms with Crippen LogP contribution < -0.4 is 15.7 Å². The molecular weight excluding hydrogens is 330 g/mol. The van der Waals surface area contributed by atoms with Crippen molar-refractivity contribution in [3.63, 3.8) is 0 Å². The van der Waals surface area contributed by atoms with Crippen LogP contribution in [-0.4, -0.2) is 12.0 Å². The molecule has 5 heteroatoms. The Morgan fingerprint density at radius 2 is 1.77 bits per heavy atom. The van der Waals surface area contributed by atoms with Gasteiger partial charge < -0.3 is 14.5 Å². The fourth-order valence-electron chi connectivity index (χ4n) is 2.78. The topological polar surface area (TPSA) is 68.5 Å². The molecule has 5 nitrogen and oxygen atoms in total. The molecule has 0 bridgehead atoms. The van der Waals surface area contributed by atoms with Gasteiger partial charge in [0.1, 0.15) is 11.3 Å². The molecule has 0 saturated heterocycles. The van der Waals surface area contributed by atoms with Crippen molar-refractivity contribution in [3.8, 4) is 5.75 Å². The number of carbonyl (C=O) groups excluding carboxylic acids is 1. The summed E-state index contributed by atoms with van der Waals surface area (Å²) in [4.78, 5) is 24.6. The summed E-state index contributed by atoms with van der Waals surface area (Å²) in [5, 5.41) is 3.50. The van der Waals surface area contributed by atoms with Gasteiger partial charge in [0.2, 0.25) is 0 Å². The Balaban J connectivity index is 1.93. The van der Waals surface area contributed by atoms with Crippen molar-refractivity contribution >= 4 is 16.9 Å². The Hall–Kier alpha value is -3.08. The highest BCUT2D eigenvalue weighted by Crippen LogP contribution is 2.24. The predicted octanol–water partition coefficient (Wildman–Crippen LogP) is 4.07. The van der Waals surface area contributed by atoms with Crippen LogP contribution in [0.15, 0.2) is 63.8 Å². The third-order valence-electron chi connectivity index (χ3n) is 3.98. The van der Waals surface area contributed by atoms with Crippen molar-refractivity contribution in [2.45, 2.75) is 32.9 Å². The summed E-state index contributed by atoms with van der Waals surface area (Å²) in [6.45, 7) is 5.72. The van der Waals surface area contributed by atoms with Gasteiger partial charge in [-0.3, -0.25) is 4.79 Å². The Morgan fingerprint density at radius 1 is 1.04 bits per heavy atom. The molecule has 0 fully saturated rings. The molecule has 0 aliphatic heterocycles. The molecule has 0 saturated carbocycles. The molecule has 1 aromatic heterocycles. The molecule has 0 aliphatic rings. The fraction of sp³-hybridized carbons (Fsp3) is 0.238. The van der Waals surface area contributed by atoms with Crippen LogP contribution in [0, 0.1) is 0 Å². The predicted molar refractivity (Wildman–Crippen MR) is 101 cm³/mol. The molecule has 0 aliphatic carbocycles. The molecule has 1 N–H and O–H groups in total. The molecule has 3 rings (SSSR count). The number of rotatable bonds is 5. The van der Waals surface area contributed by atoms with Crippen LogP contribution in [0.3, 0.4) is 0 Å². The van der Waals surface area contributed by atoms with E-state index in [0.29, 0.717) is 16.7 Å². The summed E-state index contributed by atoms with van der Waals surface area (Å²) in [7, 11) is 0. The highest BCUT2D eigenvalue weighted by atomic mass is 16.5. The van der Waals surface area contributed by atoms with E-state index in [4.69, 9.17) is 9.15 Å². The van der Waals surface area contributed by atoms with Crippen LogP contribution in [0.2, 0.25) is 0 Å². The lowest BCUT2D eigenvalue weighted by Crippen LogP contribution is -2.27. The van der Waals surface area contributed by atoms with Gasteiger partial charge in [0.05, 0.1) is 17.7 Å². The zero-order valence-corrected chi connectivity index (χ0v) is 15.0. The summed E-state index contributed by atoms with van der Waals surface area (Å²) in [6, 6.07) is 15.8. The summed E-state index contributed by atoms with van der Waals surface area (Å²) in [6.07, 6.45) is -0.00243. The lowest BCUT2D eigenvalue weighted by Gasteiger charge is -2.15.